The van der Waals surface area contributed by atoms with E-state index in [2.05, 4.69) is 6.92 Å². The van der Waals surface area contributed by atoms with Crippen LogP contribution in [0, 0.1) is 5.92 Å². The van der Waals surface area contributed by atoms with E-state index in [0.29, 0.717) is 17.4 Å². The minimum atomic E-state index is -0.548. The average Bonchev–Trinajstić information content (AvgIpc) is 2.64. The van der Waals surface area contributed by atoms with E-state index in [-0.39, 0.29) is 12.5 Å². The van der Waals surface area contributed by atoms with E-state index in [9.17, 15) is 9.59 Å². The third kappa shape index (κ3) is 5.52. The number of hydrogen-bond donors (Lipinski definition) is 0. The van der Waals surface area contributed by atoms with Crippen molar-refractivity contribution in [1.82, 2.24) is 4.90 Å². The van der Waals surface area contributed by atoms with E-state index in [0.717, 1.165) is 31.5 Å². The first-order valence-corrected chi connectivity index (χ1v) is 8.38. The Hall–Kier alpha value is -2.50. The molecular weight excluding hydrogens is 322 g/mol. The van der Waals surface area contributed by atoms with Crippen molar-refractivity contribution in [2.45, 2.75) is 19.8 Å². The molecule has 1 aromatic rings. The summed E-state index contributed by atoms with van der Waals surface area (Å²) in [5.74, 6) is 1.15. The highest BCUT2D eigenvalue weighted by Gasteiger charge is 2.20. The normalized spacial score (nSPS) is 15.2. The van der Waals surface area contributed by atoms with Crippen LogP contribution in [-0.2, 0) is 14.3 Å². The quantitative estimate of drug-likeness (QED) is 0.584. The number of carbonyl (C=O) groups is 2. The molecule has 0 N–H and O–H groups in total. The van der Waals surface area contributed by atoms with E-state index < -0.39 is 5.97 Å². The Balaban J connectivity index is 1.83. The van der Waals surface area contributed by atoms with Crippen LogP contribution in [-0.4, -0.2) is 50.7 Å². The summed E-state index contributed by atoms with van der Waals surface area (Å²) < 4.78 is 15.4. The maximum Gasteiger partial charge on any atom is 0.331 e. The Bertz CT molecular complexity index is 633. The van der Waals surface area contributed by atoms with Gasteiger partial charge in [0.05, 0.1) is 14.2 Å². The number of nitrogens with zero attached hydrogens (tertiary/aromatic N) is 1. The van der Waals surface area contributed by atoms with E-state index in [4.69, 9.17) is 14.2 Å². The van der Waals surface area contributed by atoms with E-state index in [1.165, 1.54) is 6.08 Å². The molecule has 1 fully saturated rings. The smallest absolute Gasteiger partial charge is 0.331 e. The summed E-state index contributed by atoms with van der Waals surface area (Å²) in [4.78, 5) is 25.6. The predicted octanol–water partition coefficient (Wildman–Crippen LogP) is 2.52. The van der Waals surface area contributed by atoms with Crippen molar-refractivity contribution in [1.29, 1.82) is 0 Å². The van der Waals surface area contributed by atoms with Crippen molar-refractivity contribution in [2.75, 3.05) is 33.9 Å². The number of amides is 1. The molecule has 1 amide bonds. The number of hydrogen-bond acceptors (Lipinski definition) is 5. The van der Waals surface area contributed by atoms with Gasteiger partial charge in [-0.2, -0.15) is 0 Å². The molecule has 2 rings (SSSR count). The van der Waals surface area contributed by atoms with Gasteiger partial charge in [-0.25, -0.2) is 4.79 Å². The topological polar surface area (TPSA) is 65.1 Å². The average molecular weight is 347 g/mol. The van der Waals surface area contributed by atoms with Crippen molar-refractivity contribution < 1.29 is 23.8 Å². The van der Waals surface area contributed by atoms with Crippen LogP contribution in [0.2, 0.25) is 0 Å². The first-order chi connectivity index (χ1) is 12.0. The largest absolute Gasteiger partial charge is 0.493 e. The second-order valence-electron chi connectivity index (χ2n) is 6.12. The fourth-order valence-electron chi connectivity index (χ4n) is 2.65. The Morgan fingerprint density at radius 1 is 1.16 bits per heavy atom. The van der Waals surface area contributed by atoms with Crippen LogP contribution in [0.15, 0.2) is 24.3 Å². The van der Waals surface area contributed by atoms with E-state index in [1.807, 2.05) is 0 Å². The molecule has 0 saturated carbocycles. The van der Waals surface area contributed by atoms with Gasteiger partial charge in [0.25, 0.3) is 5.91 Å². The highest BCUT2D eigenvalue weighted by atomic mass is 16.5. The number of ether oxygens (including phenoxy) is 3. The molecule has 136 valence electrons. The minimum Gasteiger partial charge on any atom is -0.493 e. The third-order valence-electron chi connectivity index (χ3n) is 4.29. The van der Waals surface area contributed by atoms with Gasteiger partial charge in [-0.15, -0.1) is 0 Å². The van der Waals surface area contributed by atoms with Crippen LogP contribution in [0.1, 0.15) is 25.3 Å². The Labute approximate surface area is 148 Å². The molecule has 0 aliphatic carbocycles. The molecule has 0 atom stereocenters. The van der Waals surface area contributed by atoms with Gasteiger partial charge in [-0.05, 0) is 42.5 Å². The number of esters is 1. The van der Waals surface area contributed by atoms with Gasteiger partial charge in [0.1, 0.15) is 0 Å². The number of rotatable bonds is 6. The zero-order valence-electron chi connectivity index (χ0n) is 15.0. The fourth-order valence-corrected chi connectivity index (χ4v) is 2.65. The summed E-state index contributed by atoms with van der Waals surface area (Å²) in [5.41, 5.74) is 0.769. The SMILES string of the molecule is COc1ccc(C=CC(=O)OCC(=O)N2CCC(C)CC2)cc1OC. The number of benzene rings is 1. The van der Waals surface area contributed by atoms with Crippen molar-refractivity contribution >= 4 is 18.0 Å². The highest BCUT2D eigenvalue weighted by molar-refractivity contribution is 5.89. The maximum atomic E-state index is 12.0. The van der Waals surface area contributed by atoms with Gasteiger partial charge in [0.15, 0.2) is 18.1 Å². The number of likely N-dealkylation sites (tertiary alicyclic amines) is 1. The standard InChI is InChI=1S/C19H25NO5/c1-14-8-10-20(11-9-14)18(21)13-25-19(22)7-5-15-4-6-16(23-2)17(12-15)24-3/h4-7,12,14H,8-11,13H2,1-3H3. The molecule has 0 bridgehead atoms. The Morgan fingerprint density at radius 3 is 2.48 bits per heavy atom. The molecule has 1 aromatic carbocycles. The molecule has 6 nitrogen and oxygen atoms in total. The van der Waals surface area contributed by atoms with Crippen LogP contribution in [0.5, 0.6) is 11.5 Å². The van der Waals surface area contributed by atoms with Gasteiger partial charge >= 0.3 is 5.97 Å². The number of methoxy groups -OCH3 is 2. The van der Waals surface area contributed by atoms with Gasteiger partial charge in [-0.1, -0.05) is 13.0 Å². The Kier molecular flexibility index (Phi) is 6.86. The third-order valence-corrected chi connectivity index (χ3v) is 4.29. The second kappa shape index (κ2) is 9.11. The molecule has 1 aliphatic rings. The minimum absolute atomic E-state index is 0.139. The molecule has 0 spiro atoms. The zero-order chi connectivity index (χ0) is 18.2. The van der Waals surface area contributed by atoms with Crippen LogP contribution >= 0.6 is 0 Å². The lowest BCUT2D eigenvalue weighted by Gasteiger charge is -2.30. The number of piperidine rings is 1. The van der Waals surface area contributed by atoms with Gasteiger partial charge < -0.3 is 19.1 Å². The molecule has 1 heterocycles. The van der Waals surface area contributed by atoms with Gasteiger partial charge in [0, 0.05) is 19.2 Å². The van der Waals surface area contributed by atoms with Crippen molar-refractivity contribution in [3.63, 3.8) is 0 Å². The summed E-state index contributed by atoms with van der Waals surface area (Å²) in [7, 11) is 3.11. The summed E-state index contributed by atoms with van der Waals surface area (Å²) >= 11 is 0. The zero-order valence-corrected chi connectivity index (χ0v) is 15.0. The maximum absolute atomic E-state index is 12.0. The molecular formula is C19H25NO5. The molecule has 1 saturated heterocycles. The molecule has 0 radical (unpaired) electrons. The monoisotopic (exact) mass is 347 g/mol. The summed E-state index contributed by atoms with van der Waals surface area (Å²) in [6.07, 6.45) is 4.90. The van der Waals surface area contributed by atoms with Gasteiger partial charge in [0.2, 0.25) is 0 Å². The van der Waals surface area contributed by atoms with Crippen LogP contribution in [0.4, 0.5) is 0 Å². The van der Waals surface area contributed by atoms with E-state index >= 15 is 0 Å². The van der Waals surface area contributed by atoms with Crippen molar-refractivity contribution in [3.8, 4) is 11.5 Å². The van der Waals surface area contributed by atoms with Crippen molar-refractivity contribution in [3.05, 3.63) is 29.8 Å². The molecule has 1 aliphatic heterocycles. The summed E-state index contributed by atoms with van der Waals surface area (Å²) in [6.45, 7) is 3.43. The highest BCUT2D eigenvalue weighted by Crippen LogP contribution is 2.27. The molecule has 6 heteroatoms. The van der Waals surface area contributed by atoms with E-state index in [1.54, 1.807) is 43.4 Å². The lowest BCUT2D eigenvalue weighted by atomic mass is 9.99. The second-order valence-corrected chi connectivity index (χ2v) is 6.12. The van der Waals surface area contributed by atoms with Crippen LogP contribution < -0.4 is 9.47 Å². The summed E-state index contributed by atoms with van der Waals surface area (Å²) in [5, 5.41) is 0. The van der Waals surface area contributed by atoms with Crippen LogP contribution in [0.3, 0.4) is 0 Å². The fraction of sp³-hybridized carbons (Fsp3) is 0.474. The van der Waals surface area contributed by atoms with Crippen molar-refractivity contribution in [2.24, 2.45) is 5.92 Å². The van der Waals surface area contributed by atoms with Gasteiger partial charge in [-0.3, -0.25) is 4.79 Å². The first kappa shape index (κ1) is 18.8. The van der Waals surface area contributed by atoms with Crippen LogP contribution in [0.25, 0.3) is 6.08 Å². The molecule has 0 aromatic heterocycles. The molecule has 25 heavy (non-hydrogen) atoms. The number of carbonyl (C=O) groups excluding carboxylic acids is 2. The summed E-state index contributed by atoms with van der Waals surface area (Å²) in [6, 6.07) is 5.30. The lowest BCUT2D eigenvalue weighted by Crippen LogP contribution is -2.40. The Morgan fingerprint density at radius 2 is 1.84 bits per heavy atom. The predicted molar refractivity (Wildman–Crippen MR) is 94.5 cm³/mol. The first-order valence-electron chi connectivity index (χ1n) is 8.38. The molecule has 0 unspecified atom stereocenters. The lowest BCUT2D eigenvalue weighted by molar-refractivity contribution is -0.148.